The summed E-state index contributed by atoms with van der Waals surface area (Å²) in [5.41, 5.74) is 1.77. The molecule has 0 aliphatic heterocycles. The molecule has 1 aromatic carbocycles. The molecule has 0 radical (unpaired) electrons. The molecule has 0 saturated heterocycles. The van der Waals surface area contributed by atoms with Crippen LogP contribution in [0.5, 0.6) is 0 Å². The minimum Gasteiger partial charge on any atom is -0.361 e. The van der Waals surface area contributed by atoms with Crippen LogP contribution in [-0.2, 0) is 11.2 Å². The molecule has 1 heterocycles. The zero-order valence-electron chi connectivity index (χ0n) is 7.36. The predicted molar refractivity (Wildman–Crippen MR) is 52.8 cm³/mol. The van der Waals surface area contributed by atoms with Crippen LogP contribution in [0.2, 0.25) is 0 Å². The third kappa shape index (κ3) is 1.42. The van der Waals surface area contributed by atoms with Crippen molar-refractivity contribution in [2.24, 2.45) is 5.18 Å². The molecule has 70 valence electrons. The Hall–Kier alpha value is -1.97. The van der Waals surface area contributed by atoms with Gasteiger partial charge in [0.25, 0.3) is 5.91 Å². The summed E-state index contributed by atoms with van der Waals surface area (Å²) < 4.78 is 0. The Morgan fingerprint density at radius 1 is 1.36 bits per heavy atom. The zero-order chi connectivity index (χ0) is 9.97. The highest BCUT2D eigenvalue weighted by atomic mass is 16.3. The molecule has 0 aliphatic rings. The molecular formula is C10H8N2O2. The number of aromatic amines is 1. The highest BCUT2D eigenvalue weighted by Gasteiger charge is 2.07. The Morgan fingerprint density at radius 2 is 2.14 bits per heavy atom. The number of benzene rings is 1. The number of hydrogen-bond donors (Lipinski definition) is 1. The maximum Gasteiger partial charge on any atom is 0.290 e. The van der Waals surface area contributed by atoms with Gasteiger partial charge in [0, 0.05) is 22.3 Å². The largest absolute Gasteiger partial charge is 0.361 e. The van der Waals surface area contributed by atoms with Crippen LogP contribution in [0.15, 0.2) is 35.6 Å². The molecule has 0 unspecified atom stereocenters. The molecule has 2 aromatic rings. The highest BCUT2D eigenvalue weighted by Crippen LogP contribution is 2.18. The second kappa shape index (κ2) is 3.41. The average molecular weight is 188 g/mol. The Labute approximate surface area is 79.9 Å². The number of nitroso groups, excluding NO2 is 1. The topological polar surface area (TPSA) is 62.3 Å². The third-order valence-corrected chi connectivity index (χ3v) is 2.12. The van der Waals surface area contributed by atoms with Crippen molar-refractivity contribution in [2.75, 3.05) is 0 Å². The maximum atomic E-state index is 10.8. The van der Waals surface area contributed by atoms with Gasteiger partial charge in [-0.3, -0.25) is 4.79 Å². The average Bonchev–Trinajstić information content (AvgIpc) is 2.62. The van der Waals surface area contributed by atoms with E-state index in [2.05, 4.69) is 10.2 Å². The molecule has 4 nitrogen and oxygen atoms in total. The lowest BCUT2D eigenvalue weighted by Crippen LogP contribution is -1.96. The van der Waals surface area contributed by atoms with E-state index in [-0.39, 0.29) is 6.42 Å². The Morgan fingerprint density at radius 3 is 2.93 bits per heavy atom. The van der Waals surface area contributed by atoms with E-state index in [0.717, 1.165) is 16.5 Å². The number of nitrogens with zero attached hydrogens (tertiary/aromatic N) is 1. The molecule has 4 heteroatoms. The fourth-order valence-corrected chi connectivity index (χ4v) is 1.47. The van der Waals surface area contributed by atoms with E-state index in [4.69, 9.17) is 0 Å². The van der Waals surface area contributed by atoms with Gasteiger partial charge in [0.2, 0.25) is 0 Å². The first-order chi connectivity index (χ1) is 6.81. The first kappa shape index (κ1) is 8.62. The SMILES string of the molecule is O=NC(=O)Cc1c[nH]c2ccccc12. The van der Waals surface area contributed by atoms with Crippen molar-refractivity contribution in [2.45, 2.75) is 6.42 Å². The summed E-state index contributed by atoms with van der Waals surface area (Å²) in [6, 6.07) is 7.61. The van der Waals surface area contributed by atoms with E-state index in [9.17, 15) is 9.70 Å². The van der Waals surface area contributed by atoms with Crippen LogP contribution < -0.4 is 0 Å². The molecule has 2 rings (SSSR count). The molecule has 0 bridgehead atoms. The number of para-hydroxylation sites is 1. The summed E-state index contributed by atoms with van der Waals surface area (Å²) in [5, 5.41) is 3.33. The van der Waals surface area contributed by atoms with Crippen LogP contribution in [0, 0.1) is 4.91 Å². The molecule has 0 atom stereocenters. The summed E-state index contributed by atoms with van der Waals surface area (Å²) in [4.78, 5) is 23.8. The summed E-state index contributed by atoms with van der Waals surface area (Å²) in [7, 11) is 0. The lowest BCUT2D eigenvalue weighted by molar-refractivity contribution is -0.117. The Balaban J connectivity index is 2.43. The minimum absolute atomic E-state index is 0.0630. The molecule has 0 spiro atoms. The number of nitrogens with one attached hydrogen (secondary N) is 1. The van der Waals surface area contributed by atoms with E-state index in [0.29, 0.717) is 0 Å². The maximum absolute atomic E-state index is 10.8. The van der Waals surface area contributed by atoms with Gasteiger partial charge < -0.3 is 4.98 Å². The first-order valence-corrected chi connectivity index (χ1v) is 4.22. The Bertz CT molecular complexity index is 488. The molecule has 1 N–H and O–H groups in total. The van der Waals surface area contributed by atoms with Gasteiger partial charge in [0.05, 0.1) is 6.42 Å². The third-order valence-electron chi connectivity index (χ3n) is 2.12. The highest BCUT2D eigenvalue weighted by molar-refractivity contribution is 5.89. The number of rotatable bonds is 2. The zero-order valence-corrected chi connectivity index (χ0v) is 7.36. The van der Waals surface area contributed by atoms with Crippen molar-refractivity contribution in [3.63, 3.8) is 0 Å². The molecule has 1 aromatic heterocycles. The molecule has 1 amide bonds. The Kier molecular flexibility index (Phi) is 2.10. The number of hydrogen-bond acceptors (Lipinski definition) is 2. The van der Waals surface area contributed by atoms with E-state index < -0.39 is 5.91 Å². The van der Waals surface area contributed by atoms with Crippen LogP contribution in [-0.4, -0.2) is 10.9 Å². The summed E-state index contributed by atoms with van der Waals surface area (Å²) >= 11 is 0. The van der Waals surface area contributed by atoms with Gasteiger partial charge in [0.15, 0.2) is 0 Å². The smallest absolute Gasteiger partial charge is 0.290 e. The second-order valence-corrected chi connectivity index (χ2v) is 3.02. The van der Waals surface area contributed by atoms with Gasteiger partial charge >= 0.3 is 0 Å². The van der Waals surface area contributed by atoms with E-state index in [1.54, 1.807) is 6.20 Å². The van der Waals surface area contributed by atoms with E-state index >= 15 is 0 Å². The molecule has 0 aliphatic carbocycles. The second-order valence-electron chi connectivity index (χ2n) is 3.02. The van der Waals surface area contributed by atoms with Gasteiger partial charge in [-0.2, -0.15) is 0 Å². The number of carbonyl (C=O) groups excluding carboxylic acids is 1. The van der Waals surface area contributed by atoms with Gasteiger partial charge in [-0.15, -0.1) is 4.91 Å². The van der Waals surface area contributed by atoms with E-state index in [1.165, 1.54) is 0 Å². The van der Waals surface area contributed by atoms with Gasteiger partial charge in [-0.25, -0.2) is 0 Å². The van der Waals surface area contributed by atoms with Crippen LogP contribution in [0.3, 0.4) is 0 Å². The van der Waals surface area contributed by atoms with Crippen molar-refractivity contribution in [1.29, 1.82) is 0 Å². The first-order valence-electron chi connectivity index (χ1n) is 4.22. The molecular weight excluding hydrogens is 180 g/mol. The fraction of sp³-hybridized carbons (Fsp3) is 0.100. The lowest BCUT2D eigenvalue weighted by Gasteiger charge is -1.92. The summed E-state index contributed by atoms with van der Waals surface area (Å²) in [5.74, 6) is -0.644. The van der Waals surface area contributed by atoms with E-state index in [1.807, 2.05) is 24.3 Å². The minimum atomic E-state index is -0.644. The molecule has 0 saturated carbocycles. The van der Waals surface area contributed by atoms with Crippen molar-refractivity contribution in [1.82, 2.24) is 4.98 Å². The monoisotopic (exact) mass is 188 g/mol. The van der Waals surface area contributed by atoms with Crippen molar-refractivity contribution in [3.8, 4) is 0 Å². The van der Waals surface area contributed by atoms with Crippen LogP contribution in [0.1, 0.15) is 5.56 Å². The van der Waals surface area contributed by atoms with Gasteiger partial charge in [-0.05, 0) is 11.6 Å². The predicted octanol–water partition coefficient (Wildman–Crippen LogP) is 2.00. The van der Waals surface area contributed by atoms with Crippen LogP contribution >= 0.6 is 0 Å². The quantitative estimate of drug-likeness (QED) is 0.732. The van der Waals surface area contributed by atoms with Crippen LogP contribution in [0.4, 0.5) is 0 Å². The van der Waals surface area contributed by atoms with Crippen molar-refractivity contribution >= 4 is 16.8 Å². The van der Waals surface area contributed by atoms with Crippen LogP contribution in [0.25, 0.3) is 10.9 Å². The molecule has 0 fully saturated rings. The van der Waals surface area contributed by atoms with Gasteiger partial charge in [0.1, 0.15) is 0 Å². The summed E-state index contributed by atoms with van der Waals surface area (Å²) in [6.45, 7) is 0. The summed E-state index contributed by atoms with van der Waals surface area (Å²) in [6.07, 6.45) is 1.79. The lowest BCUT2D eigenvalue weighted by atomic mass is 10.1. The number of fused-ring (bicyclic) bond motifs is 1. The number of aromatic nitrogens is 1. The normalized spacial score (nSPS) is 10.3. The van der Waals surface area contributed by atoms with Crippen molar-refractivity contribution in [3.05, 3.63) is 40.9 Å². The van der Waals surface area contributed by atoms with Gasteiger partial charge in [-0.1, -0.05) is 18.2 Å². The molecule has 14 heavy (non-hydrogen) atoms. The number of H-pyrrole nitrogens is 1. The standard InChI is InChI=1S/C10H8N2O2/c13-10(12-14)5-7-6-11-9-4-2-1-3-8(7)9/h1-4,6,11H,5H2. The number of carbonyl (C=O) groups is 1. The fourth-order valence-electron chi connectivity index (χ4n) is 1.47. The number of amides is 1. The van der Waals surface area contributed by atoms with Crippen molar-refractivity contribution < 1.29 is 4.79 Å².